The van der Waals surface area contributed by atoms with E-state index in [1.807, 2.05) is 0 Å². The van der Waals surface area contributed by atoms with E-state index >= 15 is 0 Å². The molecule has 0 spiro atoms. The van der Waals surface area contributed by atoms with Gasteiger partial charge in [0.05, 0.1) is 19.8 Å². The van der Waals surface area contributed by atoms with E-state index in [-0.39, 0.29) is 13.2 Å². The van der Waals surface area contributed by atoms with E-state index in [4.69, 9.17) is 14.9 Å². The third-order valence-electron chi connectivity index (χ3n) is 0.757. The normalized spacial score (nSPS) is 13.1. The Kier molecular flexibility index (Phi) is 5.51. The summed E-state index contributed by atoms with van der Waals surface area (Å²) in [5, 5.41) is 17.0. The van der Waals surface area contributed by atoms with Crippen LogP contribution in [0.2, 0.25) is 0 Å². The van der Waals surface area contributed by atoms with Crippen LogP contribution in [0, 0.1) is 0 Å². The van der Waals surface area contributed by atoms with Crippen molar-refractivity contribution in [3.8, 4) is 0 Å². The average Bonchev–Trinajstić information content (AvgIpc) is 1.89. The van der Waals surface area contributed by atoms with Gasteiger partial charge in [0, 0.05) is 0 Å². The lowest BCUT2D eigenvalue weighted by Crippen LogP contribution is -2.19. The van der Waals surface area contributed by atoms with E-state index in [1.54, 1.807) is 6.08 Å². The predicted molar refractivity (Wildman–Crippen MR) is 34.1 cm³/mol. The summed E-state index contributed by atoms with van der Waals surface area (Å²) < 4.78 is 4.81. The first kappa shape index (κ1) is 8.62. The number of rotatable bonds is 5. The molecular formula is C6H12O3. The van der Waals surface area contributed by atoms with Crippen LogP contribution in [0.25, 0.3) is 0 Å². The molecule has 3 heteroatoms. The Labute approximate surface area is 54.6 Å². The van der Waals surface area contributed by atoms with Crippen molar-refractivity contribution in [3.05, 3.63) is 12.7 Å². The second kappa shape index (κ2) is 5.75. The lowest BCUT2D eigenvalue weighted by atomic mass is 10.4. The van der Waals surface area contributed by atoms with Crippen LogP contribution in [0.3, 0.4) is 0 Å². The van der Waals surface area contributed by atoms with Crippen LogP contribution in [0.4, 0.5) is 0 Å². The number of aliphatic hydroxyl groups is 2. The van der Waals surface area contributed by atoms with Gasteiger partial charge >= 0.3 is 0 Å². The standard InChI is InChI=1S/C6H12O3/c1-2-3-9-5-6(8)4-7/h2,6-8H,1,3-5H2/t6-/m1/s1. The Morgan fingerprint density at radius 1 is 1.67 bits per heavy atom. The van der Waals surface area contributed by atoms with Gasteiger partial charge in [-0.25, -0.2) is 0 Å². The quantitative estimate of drug-likeness (QED) is 0.393. The molecule has 54 valence electrons. The predicted octanol–water partition coefficient (Wildman–Crippen LogP) is -0.458. The number of hydrogen-bond acceptors (Lipinski definition) is 3. The van der Waals surface area contributed by atoms with Crippen molar-refractivity contribution in [2.45, 2.75) is 6.10 Å². The molecule has 0 heterocycles. The topological polar surface area (TPSA) is 49.7 Å². The zero-order valence-electron chi connectivity index (χ0n) is 5.29. The van der Waals surface area contributed by atoms with Gasteiger partial charge in [-0.2, -0.15) is 0 Å². The summed E-state index contributed by atoms with van der Waals surface area (Å²) in [6.07, 6.45) is 0.828. The van der Waals surface area contributed by atoms with Gasteiger partial charge in [-0.3, -0.25) is 0 Å². The van der Waals surface area contributed by atoms with Crippen LogP contribution in [0.5, 0.6) is 0 Å². The molecule has 0 fully saturated rings. The van der Waals surface area contributed by atoms with Crippen LogP contribution in [0.1, 0.15) is 0 Å². The molecule has 0 aliphatic carbocycles. The molecule has 0 saturated carbocycles. The molecule has 9 heavy (non-hydrogen) atoms. The lowest BCUT2D eigenvalue weighted by Gasteiger charge is -2.04. The largest absolute Gasteiger partial charge is 0.394 e. The summed E-state index contributed by atoms with van der Waals surface area (Å²) in [4.78, 5) is 0. The fraction of sp³-hybridized carbons (Fsp3) is 0.667. The highest BCUT2D eigenvalue weighted by atomic mass is 16.5. The molecule has 0 unspecified atom stereocenters. The molecule has 1 atom stereocenters. The monoisotopic (exact) mass is 132 g/mol. The Balaban J connectivity index is 2.96. The van der Waals surface area contributed by atoms with E-state index in [9.17, 15) is 0 Å². The Hall–Kier alpha value is -0.380. The van der Waals surface area contributed by atoms with E-state index < -0.39 is 6.10 Å². The highest BCUT2D eigenvalue weighted by Gasteiger charge is 1.98. The van der Waals surface area contributed by atoms with Crippen LogP contribution < -0.4 is 0 Å². The van der Waals surface area contributed by atoms with Gasteiger partial charge < -0.3 is 14.9 Å². The van der Waals surface area contributed by atoms with Gasteiger partial charge in [-0.15, -0.1) is 6.58 Å². The molecule has 0 saturated heterocycles. The van der Waals surface area contributed by atoms with Crippen molar-refractivity contribution in [3.63, 3.8) is 0 Å². The highest BCUT2D eigenvalue weighted by Crippen LogP contribution is 1.82. The molecule has 3 nitrogen and oxygen atoms in total. The number of hydrogen-bond donors (Lipinski definition) is 2. The second-order valence-corrected chi connectivity index (χ2v) is 1.66. The van der Waals surface area contributed by atoms with Gasteiger partial charge in [0.25, 0.3) is 0 Å². The Bertz CT molecular complexity index is 72.7. The molecule has 2 N–H and O–H groups in total. The number of aliphatic hydroxyl groups excluding tert-OH is 2. The summed E-state index contributed by atoms with van der Waals surface area (Å²) >= 11 is 0. The molecule has 0 aromatic rings. The van der Waals surface area contributed by atoms with E-state index in [0.29, 0.717) is 6.61 Å². The van der Waals surface area contributed by atoms with Crippen LogP contribution >= 0.6 is 0 Å². The summed E-state index contributed by atoms with van der Waals surface area (Å²) in [5.41, 5.74) is 0. The summed E-state index contributed by atoms with van der Waals surface area (Å²) in [6, 6.07) is 0. The van der Waals surface area contributed by atoms with Crippen LogP contribution in [0.15, 0.2) is 12.7 Å². The summed E-state index contributed by atoms with van der Waals surface area (Å²) in [7, 11) is 0. The zero-order valence-corrected chi connectivity index (χ0v) is 5.29. The molecule has 0 aliphatic rings. The maximum atomic E-state index is 8.68. The van der Waals surface area contributed by atoms with Crippen molar-refractivity contribution in [1.29, 1.82) is 0 Å². The minimum absolute atomic E-state index is 0.169. The Morgan fingerprint density at radius 2 is 2.33 bits per heavy atom. The van der Waals surface area contributed by atoms with Crippen molar-refractivity contribution < 1.29 is 14.9 Å². The van der Waals surface area contributed by atoms with E-state index in [0.717, 1.165) is 0 Å². The maximum Gasteiger partial charge on any atom is 0.100 e. The molecule has 0 aromatic heterocycles. The fourth-order valence-electron chi connectivity index (χ4n) is 0.340. The molecule has 0 aliphatic heterocycles. The van der Waals surface area contributed by atoms with Crippen LogP contribution in [-0.2, 0) is 4.74 Å². The van der Waals surface area contributed by atoms with Gasteiger partial charge in [0.2, 0.25) is 0 Å². The molecule has 0 rings (SSSR count). The highest BCUT2D eigenvalue weighted by molar-refractivity contribution is 4.64. The SMILES string of the molecule is C=CCOC[C@H](O)CO. The summed E-state index contributed by atoms with van der Waals surface area (Å²) in [6.45, 7) is 3.74. The Morgan fingerprint density at radius 3 is 2.78 bits per heavy atom. The molecule has 0 radical (unpaired) electrons. The second-order valence-electron chi connectivity index (χ2n) is 1.66. The molecule has 0 bridgehead atoms. The van der Waals surface area contributed by atoms with Gasteiger partial charge in [-0.1, -0.05) is 6.08 Å². The minimum Gasteiger partial charge on any atom is -0.394 e. The van der Waals surface area contributed by atoms with Gasteiger partial charge in [0.15, 0.2) is 0 Å². The van der Waals surface area contributed by atoms with Crippen molar-refractivity contribution in [1.82, 2.24) is 0 Å². The third-order valence-corrected chi connectivity index (χ3v) is 0.757. The van der Waals surface area contributed by atoms with Crippen LogP contribution in [-0.4, -0.2) is 36.1 Å². The van der Waals surface area contributed by atoms with Gasteiger partial charge in [-0.05, 0) is 0 Å². The van der Waals surface area contributed by atoms with Crippen molar-refractivity contribution in [2.75, 3.05) is 19.8 Å². The van der Waals surface area contributed by atoms with Crippen molar-refractivity contribution >= 4 is 0 Å². The molecular weight excluding hydrogens is 120 g/mol. The number of ether oxygens (including phenoxy) is 1. The summed E-state index contributed by atoms with van der Waals surface area (Å²) in [5.74, 6) is 0. The first-order chi connectivity index (χ1) is 4.31. The smallest absolute Gasteiger partial charge is 0.100 e. The molecule has 0 amide bonds. The lowest BCUT2D eigenvalue weighted by molar-refractivity contribution is 0.0150. The van der Waals surface area contributed by atoms with Crippen molar-refractivity contribution in [2.24, 2.45) is 0 Å². The maximum absolute atomic E-state index is 8.68. The minimum atomic E-state index is -0.759. The van der Waals surface area contributed by atoms with E-state index in [2.05, 4.69) is 6.58 Å². The first-order valence-electron chi connectivity index (χ1n) is 2.78. The molecule has 0 aromatic carbocycles. The first-order valence-corrected chi connectivity index (χ1v) is 2.78. The zero-order chi connectivity index (χ0) is 7.11. The third kappa shape index (κ3) is 5.49. The fourth-order valence-corrected chi connectivity index (χ4v) is 0.340. The van der Waals surface area contributed by atoms with Gasteiger partial charge in [0.1, 0.15) is 6.10 Å². The average molecular weight is 132 g/mol. The van der Waals surface area contributed by atoms with E-state index in [1.165, 1.54) is 0 Å².